The topological polar surface area (TPSA) is 29.1 Å². The minimum atomic E-state index is 0.000649. The van der Waals surface area contributed by atoms with E-state index in [0.717, 1.165) is 12.0 Å². The maximum Gasteiger partial charge on any atom is 0.251 e. The Balaban J connectivity index is 2.71. The second-order valence-corrected chi connectivity index (χ2v) is 6.10. The molecule has 104 valence electrons. The van der Waals surface area contributed by atoms with E-state index < -0.39 is 0 Å². The molecule has 1 rings (SSSR count). The van der Waals surface area contributed by atoms with Crippen LogP contribution in [0.25, 0.3) is 6.08 Å². The first kappa shape index (κ1) is 15.5. The van der Waals surface area contributed by atoms with E-state index in [1.807, 2.05) is 31.2 Å². The monoisotopic (exact) mass is 259 g/mol. The van der Waals surface area contributed by atoms with Gasteiger partial charge in [0.1, 0.15) is 0 Å². The van der Waals surface area contributed by atoms with E-state index in [0.29, 0.717) is 5.56 Å². The first-order chi connectivity index (χ1) is 8.81. The van der Waals surface area contributed by atoms with Gasteiger partial charge in [0.25, 0.3) is 5.91 Å². The van der Waals surface area contributed by atoms with Crippen LogP contribution >= 0.6 is 0 Å². The summed E-state index contributed by atoms with van der Waals surface area (Å²) in [7, 11) is 0. The van der Waals surface area contributed by atoms with Gasteiger partial charge in [-0.3, -0.25) is 4.79 Å². The van der Waals surface area contributed by atoms with Gasteiger partial charge in [0.15, 0.2) is 0 Å². The van der Waals surface area contributed by atoms with Crippen molar-refractivity contribution in [1.82, 2.24) is 5.32 Å². The predicted octanol–water partition coefficient (Wildman–Crippen LogP) is 4.27. The molecule has 0 radical (unpaired) electrons. The zero-order valence-electron chi connectivity index (χ0n) is 12.7. The summed E-state index contributed by atoms with van der Waals surface area (Å²) in [5.41, 5.74) is 2.01. The Kier molecular flexibility index (Phi) is 5.34. The summed E-state index contributed by atoms with van der Waals surface area (Å²) in [6.07, 6.45) is 5.20. The Morgan fingerprint density at radius 1 is 1.26 bits per heavy atom. The van der Waals surface area contributed by atoms with Gasteiger partial charge in [0.2, 0.25) is 0 Å². The molecule has 1 aromatic rings. The molecule has 0 aromatic heterocycles. The first-order valence-corrected chi connectivity index (χ1v) is 6.92. The molecule has 1 atom stereocenters. The summed E-state index contributed by atoms with van der Waals surface area (Å²) < 4.78 is 0. The van der Waals surface area contributed by atoms with Crippen LogP contribution in [-0.4, -0.2) is 11.9 Å². The van der Waals surface area contributed by atoms with Crippen LogP contribution in [0.4, 0.5) is 0 Å². The van der Waals surface area contributed by atoms with Gasteiger partial charge in [0.05, 0.1) is 0 Å². The van der Waals surface area contributed by atoms with Gasteiger partial charge in [-0.05, 0) is 36.5 Å². The first-order valence-electron chi connectivity index (χ1n) is 6.92. The average Bonchev–Trinajstić information content (AvgIpc) is 2.36. The van der Waals surface area contributed by atoms with E-state index >= 15 is 0 Å². The van der Waals surface area contributed by atoms with Crippen LogP contribution in [-0.2, 0) is 0 Å². The minimum Gasteiger partial charge on any atom is -0.350 e. The van der Waals surface area contributed by atoms with Gasteiger partial charge in [-0.1, -0.05) is 52.0 Å². The van der Waals surface area contributed by atoms with Crippen molar-refractivity contribution in [2.24, 2.45) is 5.41 Å². The summed E-state index contributed by atoms with van der Waals surface area (Å²) >= 11 is 0. The van der Waals surface area contributed by atoms with E-state index in [-0.39, 0.29) is 17.4 Å². The van der Waals surface area contributed by atoms with Crippen LogP contribution in [0.15, 0.2) is 30.3 Å². The molecule has 0 heterocycles. The number of carbonyl (C=O) groups excluding carboxylic acids is 1. The minimum absolute atomic E-state index is 0.000649. The van der Waals surface area contributed by atoms with Crippen LogP contribution in [0.1, 0.15) is 57.0 Å². The quantitative estimate of drug-likeness (QED) is 0.859. The van der Waals surface area contributed by atoms with Gasteiger partial charge in [-0.25, -0.2) is 0 Å². The lowest BCUT2D eigenvalue weighted by atomic mass is 9.95. The largest absolute Gasteiger partial charge is 0.350 e. The van der Waals surface area contributed by atoms with Crippen molar-refractivity contribution in [2.45, 2.75) is 47.1 Å². The molecule has 0 aliphatic heterocycles. The Morgan fingerprint density at radius 2 is 1.84 bits per heavy atom. The van der Waals surface area contributed by atoms with Gasteiger partial charge in [0, 0.05) is 11.6 Å². The Labute approximate surface area is 116 Å². The summed E-state index contributed by atoms with van der Waals surface area (Å²) in [6, 6.07) is 7.93. The van der Waals surface area contributed by atoms with Gasteiger partial charge in [-0.15, -0.1) is 0 Å². The summed E-state index contributed by atoms with van der Waals surface area (Å²) in [5.74, 6) is 0.000649. The summed E-state index contributed by atoms with van der Waals surface area (Å²) in [6.45, 7) is 10.6. The number of amides is 1. The number of hydrogen-bond acceptors (Lipinski definition) is 1. The molecule has 2 nitrogen and oxygen atoms in total. The normalized spacial score (nSPS) is 13.5. The fourth-order valence-corrected chi connectivity index (χ4v) is 1.50. The number of nitrogens with one attached hydrogen (secondary N) is 1. The number of benzene rings is 1. The maximum atomic E-state index is 11.9. The van der Waals surface area contributed by atoms with Gasteiger partial charge in [-0.2, -0.15) is 0 Å². The predicted molar refractivity (Wildman–Crippen MR) is 82.2 cm³/mol. The van der Waals surface area contributed by atoms with Crippen LogP contribution in [0.2, 0.25) is 0 Å². The molecule has 0 aliphatic rings. The molecule has 0 bridgehead atoms. The average molecular weight is 259 g/mol. The van der Waals surface area contributed by atoms with E-state index in [1.54, 1.807) is 0 Å². The number of allylic oxidation sites excluding steroid dienone is 1. The highest BCUT2D eigenvalue weighted by atomic mass is 16.1. The van der Waals surface area contributed by atoms with Crippen LogP contribution in [0, 0.1) is 5.41 Å². The standard InChI is InChI=1S/C17H25NO/c1-6-13(2)18-16(19)15-9-7-14(8-10-15)11-12-17(3,4)5/h7-13H,6H2,1-5H3,(H,18,19)/b12-11+. The lowest BCUT2D eigenvalue weighted by Crippen LogP contribution is -2.31. The van der Waals surface area contributed by atoms with Crippen molar-refractivity contribution in [2.75, 3.05) is 0 Å². The fraction of sp³-hybridized carbons (Fsp3) is 0.471. The van der Waals surface area contributed by atoms with Crippen molar-refractivity contribution in [3.05, 3.63) is 41.5 Å². The second-order valence-electron chi connectivity index (χ2n) is 6.10. The third kappa shape index (κ3) is 5.73. The number of carbonyl (C=O) groups is 1. The molecule has 1 unspecified atom stereocenters. The van der Waals surface area contributed by atoms with Crippen molar-refractivity contribution in [1.29, 1.82) is 0 Å². The molecule has 1 amide bonds. The van der Waals surface area contributed by atoms with E-state index in [9.17, 15) is 4.79 Å². The molecule has 0 saturated heterocycles. The molecule has 19 heavy (non-hydrogen) atoms. The van der Waals surface area contributed by atoms with Crippen LogP contribution in [0.5, 0.6) is 0 Å². The lowest BCUT2D eigenvalue weighted by molar-refractivity contribution is 0.0939. The van der Waals surface area contributed by atoms with Gasteiger partial charge >= 0.3 is 0 Å². The Morgan fingerprint density at radius 3 is 2.32 bits per heavy atom. The highest BCUT2D eigenvalue weighted by molar-refractivity contribution is 5.94. The van der Waals surface area contributed by atoms with Crippen LogP contribution < -0.4 is 5.32 Å². The molecule has 1 aromatic carbocycles. The Hall–Kier alpha value is -1.57. The summed E-state index contributed by atoms with van der Waals surface area (Å²) in [5, 5.41) is 2.96. The van der Waals surface area contributed by atoms with Crippen LogP contribution in [0.3, 0.4) is 0 Å². The van der Waals surface area contributed by atoms with Crippen molar-refractivity contribution < 1.29 is 4.79 Å². The highest BCUT2D eigenvalue weighted by Gasteiger charge is 2.08. The second kappa shape index (κ2) is 6.55. The van der Waals surface area contributed by atoms with Crippen molar-refractivity contribution >= 4 is 12.0 Å². The molecular weight excluding hydrogens is 234 g/mol. The van der Waals surface area contributed by atoms with E-state index in [4.69, 9.17) is 0 Å². The van der Waals surface area contributed by atoms with Crippen molar-refractivity contribution in [3.63, 3.8) is 0 Å². The molecule has 0 fully saturated rings. The van der Waals surface area contributed by atoms with E-state index in [1.165, 1.54) is 0 Å². The number of rotatable bonds is 4. The molecule has 2 heteroatoms. The molecular formula is C17H25NO. The molecule has 0 spiro atoms. The maximum absolute atomic E-state index is 11.9. The zero-order valence-corrected chi connectivity index (χ0v) is 12.7. The molecule has 0 saturated carbocycles. The Bertz CT molecular complexity index is 437. The number of hydrogen-bond donors (Lipinski definition) is 1. The highest BCUT2D eigenvalue weighted by Crippen LogP contribution is 2.17. The zero-order chi connectivity index (χ0) is 14.5. The molecule has 0 aliphatic carbocycles. The van der Waals surface area contributed by atoms with Gasteiger partial charge < -0.3 is 5.32 Å². The van der Waals surface area contributed by atoms with E-state index in [2.05, 4.69) is 45.2 Å². The smallest absolute Gasteiger partial charge is 0.251 e. The summed E-state index contributed by atoms with van der Waals surface area (Å²) in [4.78, 5) is 11.9. The lowest BCUT2D eigenvalue weighted by Gasteiger charge is -2.12. The fourth-order valence-electron chi connectivity index (χ4n) is 1.50. The SMILES string of the molecule is CCC(C)NC(=O)c1ccc(/C=C/C(C)(C)C)cc1. The third-order valence-electron chi connectivity index (χ3n) is 2.94. The van der Waals surface area contributed by atoms with Crippen molar-refractivity contribution in [3.8, 4) is 0 Å². The third-order valence-corrected chi connectivity index (χ3v) is 2.94. The molecule has 1 N–H and O–H groups in total.